The lowest BCUT2D eigenvalue weighted by atomic mass is 9.96. The third-order valence-electron chi connectivity index (χ3n) is 10.8. The molecular formula is C40H50N4O7. The second kappa shape index (κ2) is 15.8. The van der Waals surface area contributed by atoms with Crippen LogP contribution in [0.1, 0.15) is 65.6 Å². The second-order valence-electron chi connectivity index (χ2n) is 14.0. The molecule has 3 aromatic rings. The van der Waals surface area contributed by atoms with Gasteiger partial charge >= 0.3 is 0 Å². The standard InChI is InChI=1S/C40H50N4O7/c1-26-27(2)39(47)41(3)25-35(26)29-22-36(49-4)34(37(23-29)50-5)14-17-42-15-10-32(11-16-42)51-33-12-18-43(19-13-33)40(48)28-7-6-8-30(21-28)44-20-9-31(45)24-38(44)46/h6-8,21-23,25,32-33H,9-20,24H2,1-5H3. The number of ketones is 1. The Morgan fingerprint density at radius 2 is 1.49 bits per heavy atom. The highest BCUT2D eigenvalue weighted by Crippen LogP contribution is 2.37. The number of hydrogen-bond acceptors (Lipinski definition) is 8. The fourth-order valence-electron chi connectivity index (χ4n) is 7.64. The zero-order chi connectivity index (χ0) is 36.2. The highest BCUT2D eigenvalue weighted by Gasteiger charge is 2.30. The molecule has 6 rings (SSSR count). The van der Waals surface area contributed by atoms with Gasteiger partial charge in [0.2, 0.25) is 5.91 Å². The predicted octanol–water partition coefficient (Wildman–Crippen LogP) is 4.71. The van der Waals surface area contributed by atoms with Gasteiger partial charge in [0.1, 0.15) is 17.3 Å². The lowest BCUT2D eigenvalue weighted by Gasteiger charge is -2.37. The molecule has 11 heteroatoms. The fraction of sp³-hybridized carbons (Fsp3) is 0.500. The number of methoxy groups -OCH3 is 2. The third kappa shape index (κ3) is 8.05. The van der Waals surface area contributed by atoms with Crippen molar-refractivity contribution < 1.29 is 28.6 Å². The normalized spacial score (nSPS) is 18.0. The fourth-order valence-corrected chi connectivity index (χ4v) is 7.64. The molecule has 1 aromatic heterocycles. The number of rotatable bonds is 10. The first-order valence-electron chi connectivity index (χ1n) is 18.1. The van der Waals surface area contributed by atoms with E-state index in [-0.39, 0.29) is 41.8 Å². The van der Waals surface area contributed by atoms with Gasteiger partial charge in [0.25, 0.3) is 11.5 Å². The first kappa shape index (κ1) is 36.3. The Balaban J connectivity index is 0.981. The maximum Gasteiger partial charge on any atom is 0.253 e. The van der Waals surface area contributed by atoms with Gasteiger partial charge in [0.15, 0.2) is 0 Å². The van der Waals surface area contributed by atoms with Crippen LogP contribution in [0.2, 0.25) is 0 Å². The quantitative estimate of drug-likeness (QED) is 0.280. The van der Waals surface area contributed by atoms with Crippen molar-refractivity contribution in [3.63, 3.8) is 0 Å². The summed E-state index contributed by atoms with van der Waals surface area (Å²) in [6.45, 7) is 8.24. The average molecular weight is 699 g/mol. The molecule has 3 fully saturated rings. The molecule has 4 heterocycles. The van der Waals surface area contributed by atoms with E-state index in [4.69, 9.17) is 14.2 Å². The summed E-state index contributed by atoms with van der Waals surface area (Å²) in [4.78, 5) is 55.8. The number of nitrogens with zero attached hydrogens (tertiary/aromatic N) is 4. The number of amides is 2. The van der Waals surface area contributed by atoms with Crippen LogP contribution in [0.5, 0.6) is 11.5 Å². The van der Waals surface area contributed by atoms with Gasteiger partial charge in [-0.2, -0.15) is 0 Å². The van der Waals surface area contributed by atoms with E-state index in [1.165, 1.54) is 0 Å². The van der Waals surface area contributed by atoms with Gasteiger partial charge in [-0.05, 0) is 87.4 Å². The third-order valence-corrected chi connectivity index (χ3v) is 10.8. The van der Waals surface area contributed by atoms with Gasteiger partial charge in [0, 0.05) is 86.9 Å². The largest absolute Gasteiger partial charge is 0.496 e. The zero-order valence-corrected chi connectivity index (χ0v) is 30.5. The number of carbonyl (C=O) groups excluding carboxylic acids is 3. The number of ether oxygens (including phenoxy) is 3. The molecule has 0 saturated carbocycles. The van der Waals surface area contributed by atoms with Crippen LogP contribution in [0.3, 0.4) is 0 Å². The van der Waals surface area contributed by atoms with Crippen molar-refractivity contribution in [2.24, 2.45) is 7.05 Å². The molecule has 272 valence electrons. The number of anilines is 1. The number of benzene rings is 2. The summed E-state index contributed by atoms with van der Waals surface area (Å²) in [5.74, 6) is 1.27. The zero-order valence-electron chi connectivity index (χ0n) is 30.5. The molecule has 51 heavy (non-hydrogen) atoms. The summed E-state index contributed by atoms with van der Waals surface area (Å²) >= 11 is 0. The number of pyridine rings is 1. The summed E-state index contributed by atoms with van der Waals surface area (Å²) in [7, 11) is 5.15. The van der Waals surface area contributed by atoms with E-state index >= 15 is 0 Å². The van der Waals surface area contributed by atoms with Crippen LogP contribution in [0.25, 0.3) is 11.1 Å². The Bertz CT molecular complexity index is 1810. The van der Waals surface area contributed by atoms with E-state index in [1.54, 1.807) is 48.9 Å². The number of aryl methyl sites for hydroxylation is 1. The predicted molar refractivity (Wildman–Crippen MR) is 196 cm³/mol. The van der Waals surface area contributed by atoms with E-state index < -0.39 is 0 Å². The molecule has 3 aliphatic heterocycles. The second-order valence-corrected chi connectivity index (χ2v) is 14.0. The highest BCUT2D eigenvalue weighted by atomic mass is 16.5. The molecule has 3 saturated heterocycles. The van der Waals surface area contributed by atoms with Gasteiger partial charge in [-0.25, -0.2) is 0 Å². The molecule has 11 nitrogen and oxygen atoms in total. The Morgan fingerprint density at radius 3 is 2.12 bits per heavy atom. The van der Waals surface area contributed by atoms with Crippen molar-refractivity contribution in [1.29, 1.82) is 0 Å². The average Bonchev–Trinajstić information content (AvgIpc) is 3.15. The number of carbonyl (C=O) groups is 3. The van der Waals surface area contributed by atoms with Crippen molar-refractivity contribution in [3.8, 4) is 22.6 Å². The smallest absolute Gasteiger partial charge is 0.253 e. The van der Waals surface area contributed by atoms with Crippen LogP contribution in [-0.2, 0) is 27.8 Å². The van der Waals surface area contributed by atoms with Crippen molar-refractivity contribution in [1.82, 2.24) is 14.4 Å². The van der Waals surface area contributed by atoms with Crippen LogP contribution >= 0.6 is 0 Å². The molecule has 0 aliphatic carbocycles. The SMILES string of the molecule is COc1cc(-c2cn(C)c(=O)c(C)c2C)cc(OC)c1CCN1CCC(OC2CCN(C(=O)c3cccc(N4CCC(=O)CC4=O)c3)CC2)CC1. The lowest BCUT2D eigenvalue weighted by molar-refractivity contribution is -0.128. The van der Waals surface area contributed by atoms with Crippen LogP contribution in [0.4, 0.5) is 5.69 Å². The summed E-state index contributed by atoms with van der Waals surface area (Å²) < 4.78 is 19.9. The lowest BCUT2D eigenvalue weighted by Crippen LogP contribution is -2.44. The number of Topliss-reactive ketones (excluding diaryl/α,β-unsaturated/α-hetero) is 1. The Morgan fingerprint density at radius 1 is 0.843 bits per heavy atom. The van der Waals surface area contributed by atoms with Crippen molar-refractivity contribution in [2.75, 3.05) is 58.4 Å². The first-order valence-corrected chi connectivity index (χ1v) is 18.1. The molecular weight excluding hydrogens is 648 g/mol. The molecule has 0 unspecified atom stereocenters. The molecule has 2 aromatic carbocycles. The highest BCUT2D eigenvalue weighted by molar-refractivity contribution is 6.09. The van der Waals surface area contributed by atoms with Crippen molar-refractivity contribution in [3.05, 3.63) is 75.2 Å². The minimum atomic E-state index is -0.212. The van der Waals surface area contributed by atoms with Crippen LogP contribution in [0.15, 0.2) is 47.4 Å². The van der Waals surface area contributed by atoms with Crippen molar-refractivity contribution >= 4 is 23.3 Å². The topological polar surface area (TPSA) is 111 Å². The molecule has 3 aliphatic rings. The number of piperidine rings is 3. The van der Waals surface area contributed by atoms with Gasteiger partial charge in [-0.3, -0.25) is 19.2 Å². The van der Waals surface area contributed by atoms with E-state index in [0.717, 1.165) is 91.1 Å². The Hall–Kier alpha value is -4.48. The minimum Gasteiger partial charge on any atom is -0.496 e. The van der Waals surface area contributed by atoms with Gasteiger partial charge < -0.3 is 33.5 Å². The van der Waals surface area contributed by atoms with E-state index in [0.29, 0.717) is 37.3 Å². The summed E-state index contributed by atoms with van der Waals surface area (Å²) in [5, 5.41) is 0. The number of aromatic nitrogens is 1. The first-order chi connectivity index (χ1) is 24.6. The molecule has 0 spiro atoms. The maximum absolute atomic E-state index is 13.4. The number of hydrogen-bond donors (Lipinski definition) is 0. The molecule has 0 atom stereocenters. The molecule has 2 amide bonds. The molecule has 0 radical (unpaired) electrons. The number of likely N-dealkylation sites (tertiary alicyclic amines) is 2. The van der Waals surface area contributed by atoms with Gasteiger partial charge in [-0.15, -0.1) is 0 Å². The van der Waals surface area contributed by atoms with Gasteiger partial charge in [0.05, 0.1) is 32.8 Å². The van der Waals surface area contributed by atoms with E-state index in [9.17, 15) is 19.2 Å². The van der Waals surface area contributed by atoms with Crippen LogP contribution in [0, 0.1) is 13.8 Å². The summed E-state index contributed by atoms with van der Waals surface area (Å²) in [6.07, 6.45) is 6.78. The van der Waals surface area contributed by atoms with Crippen LogP contribution in [-0.4, -0.2) is 97.7 Å². The molecule has 0 N–H and O–H groups in total. The summed E-state index contributed by atoms with van der Waals surface area (Å²) in [5.41, 5.74) is 5.89. The monoisotopic (exact) mass is 698 g/mol. The molecule has 0 bridgehead atoms. The summed E-state index contributed by atoms with van der Waals surface area (Å²) in [6, 6.07) is 11.3. The van der Waals surface area contributed by atoms with Gasteiger partial charge in [-0.1, -0.05) is 6.07 Å². The Kier molecular flexibility index (Phi) is 11.3. The maximum atomic E-state index is 13.4. The van der Waals surface area contributed by atoms with Crippen molar-refractivity contribution in [2.45, 2.75) is 71.0 Å². The van der Waals surface area contributed by atoms with E-state index in [1.807, 2.05) is 43.1 Å². The van der Waals surface area contributed by atoms with E-state index in [2.05, 4.69) is 4.90 Å². The Labute approximate surface area is 300 Å². The van der Waals surface area contributed by atoms with Crippen LogP contribution < -0.4 is 19.9 Å². The minimum absolute atomic E-state index is 0.00619.